The fraction of sp³-hybridized carbons (Fsp3) is 0.303. The van der Waals surface area contributed by atoms with Gasteiger partial charge in [0.1, 0.15) is 17.3 Å². The van der Waals surface area contributed by atoms with Crippen molar-refractivity contribution in [1.29, 1.82) is 0 Å². The lowest BCUT2D eigenvalue weighted by Gasteiger charge is -2.22. The third kappa shape index (κ3) is 6.98. The summed E-state index contributed by atoms with van der Waals surface area (Å²) in [5.74, 6) is 2.41. The summed E-state index contributed by atoms with van der Waals surface area (Å²) in [6, 6.07) is 24.5. The standard InChI is InChI=1S/C33H35ClN4O3/c1-2-3-21-38(33(40)25-10-9-11-26(34)23-25)31-30(37-22-8-7-14-29(37)36-31)32(39)35-20-19-24-15-17-28(18-16-24)41-27-12-5-4-6-13-27/h4-6,9-13,15-18,23H,2-3,7-8,14,19-22H2,1H3,(H,35,39). The zero-order valence-electron chi connectivity index (χ0n) is 23.3. The molecule has 1 aliphatic rings. The van der Waals surface area contributed by atoms with Crippen molar-refractivity contribution in [2.24, 2.45) is 0 Å². The van der Waals surface area contributed by atoms with Crippen molar-refractivity contribution in [3.63, 3.8) is 0 Å². The molecule has 0 saturated heterocycles. The van der Waals surface area contributed by atoms with Gasteiger partial charge < -0.3 is 14.6 Å². The molecule has 0 unspecified atom stereocenters. The van der Waals surface area contributed by atoms with Gasteiger partial charge in [0.25, 0.3) is 11.8 Å². The van der Waals surface area contributed by atoms with Gasteiger partial charge in [0.05, 0.1) is 0 Å². The number of carbonyl (C=O) groups is 2. The Bertz CT molecular complexity index is 1480. The molecule has 2 heterocycles. The van der Waals surface area contributed by atoms with Crippen molar-refractivity contribution < 1.29 is 14.3 Å². The third-order valence-electron chi connectivity index (χ3n) is 7.18. The molecule has 3 aromatic carbocycles. The molecule has 5 rings (SSSR count). The molecule has 1 aliphatic heterocycles. The maximum Gasteiger partial charge on any atom is 0.271 e. The number of aromatic nitrogens is 2. The van der Waals surface area contributed by atoms with E-state index in [0.717, 1.165) is 55.0 Å². The third-order valence-corrected chi connectivity index (χ3v) is 7.42. The van der Waals surface area contributed by atoms with Crippen molar-refractivity contribution in [2.75, 3.05) is 18.0 Å². The average Bonchev–Trinajstić information content (AvgIpc) is 3.38. The molecule has 0 aliphatic carbocycles. The van der Waals surface area contributed by atoms with E-state index < -0.39 is 0 Å². The summed E-state index contributed by atoms with van der Waals surface area (Å²) in [7, 11) is 0. The molecule has 0 radical (unpaired) electrons. The number of nitrogens with zero attached hydrogens (tertiary/aromatic N) is 3. The van der Waals surface area contributed by atoms with Crippen LogP contribution in [-0.2, 0) is 19.4 Å². The second-order valence-electron chi connectivity index (χ2n) is 10.2. The molecule has 0 saturated carbocycles. The Morgan fingerprint density at radius 1 is 1.00 bits per heavy atom. The molecule has 41 heavy (non-hydrogen) atoms. The van der Waals surface area contributed by atoms with Crippen molar-refractivity contribution in [2.45, 2.75) is 52.0 Å². The number of hydrogen-bond donors (Lipinski definition) is 1. The van der Waals surface area contributed by atoms with Crippen LogP contribution in [0.5, 0.6) is 11.5 Å². The molecule has 1 N–H and O–H groups in total. The first-order valence-corrected chi connectivity index (χ1v) is 14.7. The van der Waals surface area contributed by atoms with Gasteiger partial charge in [-0.2, -0.15) is 0 Å². The summed E-state index contributed by atoms with van der Waals surface area (Å²) in [6.07, 6.45) is 5.12. The summed E-state index contributed by atoms with van der Waals surface area (Å²) in [4.78, 5) is 33.9. The molecule has 4 aromatic rings. The van der Waals surface area contributed by atoms with Gasteiger partial charge in [0, 0.05) is 36.6 Å². The van der Waals surface area contributed by atoms with E-state index in [2.05, 4.69) is 12.2 Å². The quantitative estimate of drug-likeness (QED) is 0.209. The number of para-hydroxylation sites is 1. The van der Waals surface area contributed by atoms with Gasteiger partial charge in [-0.15, -0.1) is 0 Å². The number of fused-ring (bicyclic) bond motifs is 1. The first-order chi connectivity index (χ1) is 20.0. The number of benzene rings is 3. The molecule has 0 spiro atoms. The Hall–Kier alpha value is -4.10. The fourth-order valence-corrected chi connectivity index (χ4v) is 5.22. The Labute approximate surface area is 246 Å². The Morgan fingerprint density at radius 3 is 2.54 bits per heavy atom. The normalized spacial score (nSPS) is 12.4. The van der Waals surface area contributed by atoms with Gasteiger partial charge in [0.15, 0.2) is 11.5 Å². The largest absolute Gasteiger partial charge is 0.457 e. The van der Waals surface area contributed by atoms with Crippen LogP contribution in [0.4, 0.5) is 5.82 Å². The lowest BCUT2D eigenvalue weighted by molar-refractivity contribution is 0.0944. The van der Waals surface area contributed by atoms with Gasteiger partial charge in [0.2, 0.25) is 0 Å². The highest BCUT2D eigenvalue weighted by atomic mass is 35.5. The number of aryl methyl sites for hydroxylation is 1. The van der Waals surface area contributed by atoms with Crippen molar-refractivity contribution in [3.05, 3.63) is 107 Å². The highest BCUT2D eigenvalue weighted by Crippen LogP contribution is 2.28. The number of hydrogen-bond acceptors (Lipinski definition) is 4. The Kier molecular flexibility index (Phi) is 9.36. The van der Waals surface area contributed by atoms with Crippen LogP contribution in [0.3, 0.4) is 0 Å². The highest BCUT2D eigenvalue weighted by Gasteiger charge is 2.31. The molecule has 212 valence electrons. The van der Waals surface area contributed by atoms with Gasteiger partial charge in [-0.25, -0.2) is 4.98 Å². The summed E-state index contributed by atoms with van der Waals surface area (Å²) in [5.41, 5.74) is 2.02. The Morgan fingerprint density at radius 2 is 1.78 bits per heavy atom. The van der Waals surface area contributed by atoms with Gasteiger partial charge in [-0.1, -0.05) is 61.3 Å². The van der Waals surface area contributed by atoms with Gasteiger partial charge in [-0.3, -0.25) is 14.5 Å². The van der Waals surface area contributed by atoms with E-state index in [-0.39, 0.29) is 11.8 Å². The number of halogens is 1. The van der Waals surface area contributed by atoms with Crippen LogP contribution in [0.2, 0.25) is 5.02 Å². The minimum atomic E-state index is -0.218. The van der Waals surface area contributed by atoms with Crippen LogP contribution in [0, 0.1) is 0 Å². The summed E-state index contributed by atoms with van der Waals surface area (Å²) in [6.45, 7) is 3.71. The van der Waals surface area contributed by atoms with Gasteiger partial charge >= 0.3 is 0 Å². The average molecular weight is 571 g/mol. The van der Waals surface area contributed by atoms with E-state index in [1.165, 1.54) is 0 Å². The number of nitrogens with one attached hydrogen (secondary N) is 1. The molecule has 0 atom stereocenters. The molecule has 0 fully saturated rings. The second-order valence-corrected chi connectivity index (χ2v) is 10.6. The molecule has 0 bridgehead atoms. The van der Waals surface area contributed by atoms with E-state index >= 15 is 0 Å². The summed E-state index contributed by atoms with van der Waals surface area (Å²) in [5, 5.41) is 3.58. The van der Waals surface area contributed by atoms with Crippen LogP contribution < -0.4 is 15.0 Å². The number of ether oxygens (including phenoxy) is 1. The van der Waals surface area contributed by atoms with E-state index in [0.29, 0.717) is 48.2 Å². The lowest BCUT2D eigenvalue weighted by atomic mass is 10.1. The lowest BCUT2D eigenvalue weighted by Crippen LogP contribution is -2.36. The fourth-order valence-electron chi connectivity index (χ4n) is 5.03. The molecule has 7 nitrogen and oxygen atoms in total. The van der Waals surface area contributed by atoms with Crippen molar-refractivity contribution >= 4 is 29.2 Å². The number of rotatable bonds is 11. The predicted molar refractivity (Wildman–Crippen MR) is 162 cm³/mol. The minimum Gasteiger partial charge on any atom is -0.457 e. The molecular weight excluding hydrogens is 536 g/mol. The SMILES string of the molecule is CCCCN(C(=O)c1cccc(Cl)c1)c1nc2n(c1C(=O)NCCc1ccc(Oc3ccccc3)cc1)CCCC2. The van der Waals surface area contributed by atoms with Crippen LogP contribution in [0.15, 0.2) is 78.9 Å². The predicted octanol–water partition coefficient (Wildman–Crippen LogP) is 7.08. The number of unbranched alkanes of at least 4 members (excludes halogenated alkanes) is 1. The highest BCUT2D eigenvalue weighted by molar-refractivity contribution is 6.31. The monoisotopic (exact) mass is 570 g/mol. The topological polar surface area (TPSA) is 76.5 Å². The van der Waals surface area contributed by atoms with E-state index in [1.807, 2.05) is 59.2 Å². The zero-order chi connectivity index (χ0) is 28.6. The van der Waals surface area contributed by atoms with Crippen molar-refractivity contribution in [1.82, 2.24) is 14.9 Å². The molecular formula is C33H35ClN4O3. The molecule has 1 aromatic heterocycles. The number of amides is 2. The van der Waals surface area contributed by atoms with E-state index in [4.69, 9.17) is 21.3 Å². The van der Waals surface area contributed by atoms with Crippen molar-refractivity contribution in [3.8, 4) is 11.5 Å². The molecule has 2 amide bonds. The maximum atomic E-state index is 13.7. The number of imidazole rings is 1. The summed E-state index contributed by atoms with van der Waals surface area (Å²) >= 11 is 6.20. The smallest absolute Gasteiger partial charge is 0.271 e. The number of carbonyl (C=O) groups excluding carboxylic acids is 2. The Balaban J connectivity index is 1.32. The second kappa shape index (κ2) is 13.5. The molecule has 8 heteroatoms. The van der Waals surface area contributed by atoms with Crippen LogP contribution >= 0.6 is 11.6 Å². The summed E-state index contributed by atoms with van der Waals surface area (Å²) < 4.78 is 7.87. The minimum absolute atomic E-state index is 0.205. The zero-order valence-corrected chi connectivity index (χ0v) is 24.1. The number of anilines is 1. The van der Waals surface area contributed by atoms with Crippen LogP contribution in [0.25, 0.3) is 0 Å². The van der Waals surface area contributed by atoms with Crippen LogP contribution in [-0.4, -0.2) is 34.5 Å². The van der Waals surface area contributed by atoms with E-state index in [1.54, 1.807) is 29.2 Å². The maximum absolute atomic E-state index is 13.7. The van der Waals surface area contributed by atoms with Gasteiger partial charge in [-0.05, 0) is 73.7 Å². The van der Waals surface area contributed by atoms with E-state index in [9.17, 15) is 9.59 Å². The first kappa shape index (κ1) is 28.4. The van der Waals surface area contributed by atoms with Crippen LogP contribution in [0.1, 0.15) is 64.8 Å². The first-order valence-electron chi connectivity index (χ1n) is 14.3.